The first-order valence-electron chi connectivity index (χ1n) is 13.4. The predicted molar refractivity (Wildman–Crippen MR) is 149 cm³/mol. The van der Waals surface area contributed by atoms with E-state index in [9.17, 15) is 23.1 Å². The molecule has 43 heavy (non-hydrogen) atoms. The van der Waals surface area contributed by atoms with Crippen LogP contribution in [0.4, 0.5) is 13.2 Å². The van der Waals surface area contributed by atoms with Crippen molar-refractivity contribution in [2.24, 2.45) is 0 Å². The van der Waals surface area contributed by atoms with E-state index in [1.54, 1.807) is 12.1 Å². The summed E-state index contributed by atoms with van der Waals surface area (Å²) in [4.78, 5) is 20.3. The molecule has 3 heterocycles. The number of aromatic carboxylic acids is 1. The molecule has 1 fully saturated rings. The van der Waals surface area contributed by atoms with Crippen LogP contribution in [0.5, 0.6) is 5.88 Å². The maximum Gasteiger partial charge on any atom is 0.335 e. The van der Waals surface area contributed by atoms with Crippen molar-refractivity contribution < 1.29 is 32.5 Å². The van der Waals surface area contributed by atoms with Gasteiger partial charge in [-0.2, -0.15) is 5.26 Å². The second-order valence-corrected chi connectivity index (χ2v) is 10.1. The highest BCUT2D eigenvalue weighted by molar-refractivity contribution is 5.92. The van der Waals surface area contributed by atoms with Crippen LogP contribution < -0.4 is 4.74 Å². The van der Waals surface area contributed by atoms with Gasteiger partial charge in [0.15, 0.2) is 11.6 Å². The molecule has 1 aliphatic heterocycles. The van der Waals surface area contributed by atoms with E-state index >= 15 is 0 Å². The Labute approximate surface area is 243 Å². The van der Waals surface area contributed by atoms with Gasteiger partial charge in [-0.25, -0.2) is 27.9 Å². The highest BCUT2D eigenvalue weighted by Crippen LogP contribution is 2.28. The molecular formula is C32H23F3N4O4. The highest BCUT2D eigenvalue weighted by Gasteiger charge is 2.24. The van der Waals surface area contributed by atoms with E-state index in [2.05, 4.69) is 9.97 Å². The van der Waals surface area contributed by atoms with Crippen LogP contribution in [0.25, 0.3) is 22.3 Å². The van der Waals surface area contributed by atoms with Crippen molar-refractivity contribution in [1.82, 2.24) is 14.5 Å². The molecule has 1 atom stereocenters. The van der Waals surface area contributed by atoms with Crippen molar-refractivity contribution >= 4 is 17.0 Å². The van der Waals surface area contributed by atoms with E-state index in [1.807, 2.05) is 22.8 Å². The van der Waals surface area contributed by atoms with Crippen LogP contribution >= 0.6 is 0 Å². The van der Waals surface area contributed by atoms with Crippen molar-refractivity contribution in [3.05, 3.63) is 112 Å². The minimum absolute atomic E-state index is 0.0653. The molecule has 1 saturated heterocycles. The number of hydrogen-bond acceptors (Lipinski definition) is 6. The molecular weight excluding hydrogens is 561 g/mol. The van der Waals surface area contributed by atoms with Gasteiger partial charge in [-0.05, 0) is 48.4 Å². The molecule has 11 heteroatoms. The molecule has 0 spiro atoms. The van der Waals surface area contributed by atoms with Crippen LogP contribution in [-0.4, -0.2) is 38.3 Å². The Balaban J connectivity index is 1.23. The van der Waals surface area contributed by atoms with E-state index in [0.717, 1.165) is 24.1 Å². The Morgan fingerprint density at radius 3 is 2.49 bits per heavy atom. The first-order chi connectivity index (χ1) is 20.8. The molecule has 0 unspecified atom stereocenters. The summed E-state index contributed by atoms with van der Waals surface area (Å²) < 4.78 is 56.4. The number of fused-ring (bicyclic) bond motifs is 1. The molecule has 0 aliphatic carbocycles. The second-order valence-electron chi connectivity index (χ2n) is 10.1. The summed E-state index contributed by atoms with van der Waals surface area (Å²) in [7, 11) is 0. The average Bonchev–Trinajstić information content (AvgIpc) is 3.32. The number of rotatable bonds is 9. The number of pyridine rings is 1. The van der Waals surface area contributed by atoms with E-state index < -0.39 is 23.4 Å². The number of nitrogens with zero attached hydrogens (tertiary/aromatic N) is 4. The Hall–Kier alpha value is -5.21. The Kier molecular flexibility index (Phi) is 7.52. The van der Waals surface area contributed by atoms with Crippen molar-refractivity contribution in [3.8, 4) is 23.2 Å². The summed E-state index contributed by atoms with van der Waals surface area (Å²) in [5, 5.41) is 18.3. The lowest BCUT2D eigenvalue weighted by Gasteiger charge is -2.27. The lowest BCUT2D eigenvalue weighted by Crippen LogP contribution is -2.31. The van der Waals surface area contributed by atoms with E-state index in [-0.39, 0.29) is 40.8 Å². The van der Waals surface area contributed by atoms with E-state index in [4.69, 9.17) is 14.7 Å². The van der Waals surface area contributed by atoms with Gasteiger partial charge < -0.3 is 19.1 Å². The number of nitriles is 1. The zero-order chi connectivity index (χ0) is 30.1. The molecule has 0 saturated carbocycles. The Bertz CT molecular complexity index is 1900. The summed E-state index contributed by atoms with van der Waals surface area (Å²) in [6.07, 6.45) is 1.11. The Morgan fingerprint density at radius 2 is 1.81 bits per heavy atom. The fraction of sp³-hybridized carbons (Fsp3) is 0.188. The van der Waals surface area contributed by atoms with Crippen LogP contribution in [0, 0.1) is 28.8 Å². The number of imidazole rings is 1. The fourth-order valence-electron chi connectivity index (χ4n) is 4.87. The first kappa shape index (κ1) is 27.9. The van der Waals surface area contributed by atoms with Gasteiger partial charge in [0, 0.05) is 24.2 Å². The summed E-state index contributed by atoms with van der Waals surface area (Å²) >= 11 is 0. The van der Waals surface area contributed by atoms with Crippen molar-refractivity contribution in [2.45, 2.75) is 32.1 Å². The summed E-state index contributed by atoms with van der Waals surface area (Å²) in [6, 6.07) is 18.2. The molecule has 8 nitrogen and oxygen atoms in total. The fourth-order valence-corrected chi connectivity index (χ4v) is 4.87. The SMILES string of the molecule is N#Cc1ccc(COc2nc(-c3ccc(Cc4nc5c(F)cc(C(=O)O)cc5n4C[C@@H]4CCO4)cc3)ccc2F)c(F)c1. The highest BCUT2D eigenvalue weighted by atomic mass is 19.1. The van der Waals surface area contributed by atoms with Gasteiger partial charge in [0.1, 0.15) is 23.8 Å². The van der Waals surface area contributed by atoms with E-state index in [0.29, 0.717) is 42.2 Å². The van der Waals surface area contributed by atoms with Gasteiger partial charge in [0.05, 0.1) is 41.1 Å². The van der Waals surface area contributed by atoms with Crippen LogP contribution in [-0.2, 0) is 24.3 Å². The largest absolute Gasteiger partial charge is 0.478 e. The number of hydrogen-bond donors (Lipinski definition) is 1. The topological polar surface area (TPSA) is 110 Å². The molecule has 2 aromatic heterocycles. The number of carboxylic acids is 1. The molecule has 1 aliphatic rings. The number of ether oxygens (including phenoxy) is 2. The quantitative estimate of drug-likeness (QED) is 0.225. The molecule has 6 rings (SSSR count). The third kappa shape index (κ3) is 5.78. The van der Waals surface area contributed by atoms with Gasteiger partial charge in [-0.15, -0.1) is 0 Å². The summed E-state index contributed by atoms with van der Waals surface area (Å²) in [5.41, 5.74) is 2.61. The third-order valence-electron chi connectivity index (χ3n) is 7.29. The second kappa shape index (κ2) is 11.6. The minimum Gasteiger partial charge on any atom is -0.478 e. The maximum atomic E-state index is 14.8. The molecule has 5 aromatic rings. The zero-order valence-electron chi connectivity index (χ0n) is 22.6. The Morgan fingerprint density at radius 1 is 1.02 bits per heavy atom. The van der Waals surface area contributed by atoms with Gasteiger partial charge in [-0.3, -0.25) is 0 Å². The predicted octanol–water partition coefficient (Wildman–Crippen LogP) is 6.04. The molecule has 0 radical (unpaired) electrons. The normalized spacial score (nSPS) is 14.3. The lowest BCUT2D eigenvalue weighted by atomic mass is 10.1. The number of benzene rings is 3. The van der Waals surface area contributed by atoms with Gasteiger partial charge in [0.25, 0.3) is 5.88 Å². The molecule has 0 bridgehead atoms. The summed E-state index contributed by atoms with van der Waals surface area (Å²) in [5.74, 6) is -3.01. The average molecular weight is 585 g/mol. The van der Waals surface area contributed by atoms with Gasteiger partial charge in [-0.1, -0.05) is 30.3 Å². The molecule has 3 aromatic carbocycles. The maximum absolute atomic E-state index is 14.8. The number of carbonyl (C=O) groups is 1. The monoisotopic (exact) mass is 584 g/mol. The lowest BCUT2D eigenvalue weighted by molar-refractivity contribution is -0.0589. The van der Waals surface area contributed by atoms with Crippen LogP contribution in [0.2, 0.25) is 0 Å². The smallest absolute Gasteiger partial charge is 0.335 e. The van der Waals surface area contributed by atoms with Crippen molar-refractivity contribution in [1.29, 1.82) is 5.26 Å². The number of halogens is 3. The minimum atomic E-state index is -1.23. The first-order valence-corrected chi connectivity index (χ1v) is 13.4. The zero-order valence-corrected chi connectivity index (χ0v) is 22.6. The van der Waals surface area contributed by atoms with Crippen molar-refractivity contribution in [2.75, 3.05) is 6.61 Å². The standard InChI is InChI=1S/C32H23F3N4O4/c33-24-7-8-27(37-31(24)43-17-21-6-3-19(15-36)11-25(21)34)20-4-1-18(2-5-20)12-29-38-30-26(35)13-22(32(40)41)14-28(30)39(29)16-23-9-10-42-23/h1-8,11,13-14,23H,9-10,12,16-17H2,(H,40,41)/t23-/m0/s1. The van der Waals surface area contributed by atoms with Crippen LogP contribution in [0.1, 0.15) is 39.3 Å². The molecule has 0 amide bonds. The third-order valence-corrected chi connectivity index (χ3v) is 7.29. The summed E-state index contributed by atoms with van der Waals surface area (Å²) in [6.45, 7) is 0.783. The number of carboxylic acid groups (broad SMARTS) is 1. The van der Waals surface area contributed by atoms with Gasteiger partial charge >= 0.3 is 5.97 Å². The van der Waals surface area contributed by atoms with Crippen LogP contribution in [0.3, 0.4) is 0 Å². The molecule has 1 N–H and O–H groups in total. The van der Waals surface area contributed by atoms with E-state index in [1.165, 1.54) is 30.3 Å². The molecule has 216 valence electrons. The van der Waals surface area contributed by atoms with Crippen molar-refractivity contribution in [3.63, 3.8) is 0 Å². The number of aromatic nitrogens is 3. The van der Waals surface area contributed by atoms with Crippen LogP contribution in [0.15, 0.2) is 66.7 Å². The van der Waals surface area contributed by atoms with Gasteiger partial charge in [0.2, 0.25) is 0 Å².